The molecule has 2 unspecified atom stereocenters. The normalized spacial score (nSPS) is 21.5. The number of urea groups is 1. The topological polar surface area (TPSA) is 91.0 Å². The molecule has 2 aliphatic heterocycles. The quantitative estimate of drug-likeness (QED) is 0.759. The van der Waals surface area contributed by atoms with E-state index in [9.17, 15) is 14.4 Å². The van der Waals surface area contributed by atoms with Crippen LogP contribution in [0.15, 0.2) is 24.3 Å². The molecule has 0 radical (unpaired) electrons. The van der Waals surface area contributed by atoms with Gasteiger partial charge in [-0.1, -0.05) is 18.2 Å². The van der Waals surface area contributed by atoms with Gasteiger partial charge < -0.3 is 25.2 Å². The molecule has 2 atom stereocenters. The van der Waals surface area contributed by atoms with Crippen LogP contribution in [0.4, 0.5) is 4.79 Å². The van der Waals surface area contributed by atoms with Crippen LogP contribution in [0.25, 0.3) is 0 Å². The number of nitrogens with zero attached hydrogens (tertiary/aromatic N) is 2. The molecule has 0 saturated carbocycles. The summed E-state index contributed by atoms with van der Waals surface area (Å²) >= 11 is 0. The van der Waals surface area contributed by atoms with E-state index in [2.05, 4.69) is 10.6 Å². The number of carbonyl (C=O) groups excluding carboxylic acids is 3. The Morgan fingerprint density at radius 1 is 1.37 bits per heavy atom. The molecule has 146 valence electrons. The summed E-state index contributed by atoms with van der Waals surface area (Å²) in [6.07, 6.45) is 0.445. The Morgan fingerprint density at radius 2 is 2.15 bits per heavy atom. The van der Waals surface area contributed by atoms with Gasteiger partial charge >= 0.3 is 6.03 Å². The summed E-state index contributed by atoms with van der Waals surface area (Å²) in [6.45, 7) is 5.69. The second kappa shape index (κ2) is 8.28. The second-order valence-electron chi connectivity index (χ2n) is 6.86. The van der Waals surface area contributed by atoms with E-state index in [4.69, 9.17) is 4.74 Å². The van der Waals surface area contributed by atoms with Crippen LogP contribution in [0.3, 0.4) is 0 Å². The van der Waals surface area contributed by atoms with Crippen molar-refractivity contribution in [2.45, 2.75) is 32.4 Å². The molecule has 0 aliphatic carbocycles. The van der Waals surface area contributed by atoms with Crippen molar-refractivity contribution in [3.8, 4) is 5.75 Å². The molecule has 2 saturated heterocycles. The number of carbonyl (C=O) groups is 3. The lowest BCUT2D eigenvalue weighted by atomic mass is 10.1. The van der Waals surface area contributed by atoms with Gasteiger partial charge in [0.25, 0.3) is 0 Å². The first-order valence-electron chi connectivity index (χ1n) is 9.30. The third-order valence-electron chi connectivity index (χ3n) is 5.05. The van der Waals surface area contributed by atoms with E-state index in [0.717, 1.165) is 11.3 Å². The fourth-order valence-corrected chi connectivity index (χ4v) is 3.50. The number of benzene rings is 1. The highest BCUT2D eigenvalue weighted by Crippen LogP contribution is 2.21. The van der Waals surface area contributed by atoms with Crippen molar-refractivity contribution in [2.75, 3.05) is 32.8 Å². The van der Waals surface area contributed by atoms with E-state index < -0.39 is 6.04 Å². The summed E-state index contributed by atoms with van der Waals surface area (Å²) in [5.74, 6) is 0.562. The zero-order valence-electron chi connectivity index (χ0n) is 15.7. The predicted octanol–water partition coefficient (Wildman–Crippen LogP) is 0.505. The van der Waals surface area contributed by atoms with Crippen molar-refractivity contribution in [1.82, 2.24) is 20.4 Å². The highest BCUT2D eigenvalue weighted by Gasteiger charge is 2.43. The fourth-order valence-electron chi connectivity index (χ4n) is 3.50. The minimum absolute atomic E-state index is 0.0350. The van der Waals surface area contributed by atoms with Crippen LogP contribution < -0.4 is 15.4 Å². The summed E-state index contributed by atoms with van der Waals surface area (Å²) in [4.78, 5) is 39.6. The van der Waals surface area contributed by atoms with E-state index in [0.29, 0.717) is 32.7 Å². The molecular weight excluding hydrogens is 348 g/mol. The number of para-hydroxylation sites is 1. The fraction of sp³-hybridized carbons (Fsp3) is 0.526. The van der Waals surface area contributed by atoms with Crippen LogP contribution in [0.2, 0.25) is 0 Å². The number of hydrogen-bond donors (Lipinski definition) is 2. The van der Waals surface area contributed by atoms with Crippen molar-refractivity contribution < 1.29 is 19.1 Å². The van der Waals surface area contributed by atoms with E-state index >= 15 is 0 Å². The molecule has 8 nitrogen and oxygen atoms in total. The van der Waals surface area contributed by atoms with Crippen molar-refractivity contribution in [2.24, 2.45) is 0 Å². The molecule has 8 heteroatoms. The molecule has 0 bridgehead atoms. The number of fused-ring (bicyclic) bond motifs is 1. The Kier molecular flexibility index (Phi) is 5.83. The Labute approximate surface area is 158 Å². The van der Waals surface area contributed by atoms with Gasteiger partial charge in [-0.3, -0.25) is 9.59 Å². The minimum Gasteiger partial charge on any atom is -0.491 e. The van der Waals surface area contributed by atoms with E-state index in [1.165, 1.54) is 0 Å². The summed E-state index contributed by atoms with van der Waals surface area (Å²) < 4.78 is 5.77. The van der Waals surface area contributed by atoms with Crippen molar-refractivity contribution in [1.29, 1.82) is 0 Å². The van der Waals surface area contributed by atoms with Crippen LogP contribution >= 0.6 is 0 Å². The molecule has 2 fully saturated rings. The molecule has 27 heavy (non-hydrogen) atoms. The van der Waals surface area contributed by atoms with Crippen LogP contribution in [0.1, 0.15) is 18.9 Å². The maximum absolute atomic E-state index is 12.6. The SMILES string of the molecule is CCN(CCOc1ccccc1C)C(=O)NC1CC2C(=O)NCC(=O)N2C1. The number of rotatable bonds is 6. The molecule has 0 aromatic heterocycles. The highest BCUT2D eigenvalue weighted by molar-refractivity contribution is 5.95. The Bertz CT molecular complexity index is 699. The van der Waals surface area contributed by atoms with Gasteiger partial charge in [0.15, 0.2) is 0 Å². The summed E-state index contributed by atoms with van der Waals surface area (Å²) in [7, 11) is 0. The number of hydrogen-bond acceptors (Lipinski definition) is 4. The summed E-state index contributed by atoms with van der Waals surface area (Å²) in [5, 5.41) is 5.53. The second-order valence-corrected chi connectivity index (χ2v) is 6.86. The average molecular weight is 374 g/mol. The first-order valence-corrected chi connectivity index (χ1v) is 9.30. The lowest BCUT2D eigenvalue weighted by Crippen LogP contribution is -2.55. The van der Waals surface area contributed by atoms with Crippen molar-refractivity contribution in [3.05, 3.63) is 29.8 Å². The van der Waals surface area contributed by atoms with E-state index in [1.807, 2.05) is 38.1 Å². The number of piperazine rings is 1. The minimum atomic E-state index is -0.476. The molecule has 4 amide bonds. The third-order valence-corrected chi connectivity index (χ3v) is 5.05. The van der Waals surface area contributed by atoms with Gasteiger partial charge in [0, 0.05) is 13.1 Å². The van der Waals surface area contributed by atoms with Gasteiger partial charge in [0.1, 0.15) is 18.4 Å². The van der Waals surface area contributed by atoms with Crippen LogP contribution in [0, 0.1) is 6.92 Å². The maximum Gasteiger partial charge on any atom is 0.317 e. The maximum atomic E-state index is 12.6. The Balaban J connectivity index is 1.49. The van der Waals surface area contributed by atoms with Crippen LogP contribution in [-0.4, -0.2) is 72.5 Å². The van der Waals surface area contributed by atoms with Gasteiger partial charge in [0.2, 0.25) is 11.8 Å². The van der Waals surface area contributed by atoms with Crippen molar-refractivity contribution in [3.63, 3.8) is 0 Å². The molecule has 2 aliphatic rings. The summed E-state index contributed by atoms with van der Waals surface area (Å²) in [5.41, 5.74) is 1.05. The lowest BCUT2D eigenvalue weighted by Gasteiger charge is -2.28. The predicted molar refractivity (Wildman–Crippen MR) is 99.4 cm³/mol. The number of aryl methyl sites for hydroxylation is 1. The number of nitrogens with one attached hydrogen (secondary N) is 2. The van der Waals surface area contributed by atoms with Crippen LogP contribution in [-0.2, 0) is 9.59 Å². The first-order chi connectivity index (χ1) is 13.0. The molecule has 3 rings (SSSR count). The standard InChI is InChI=1S/C19H26N4O4/c1-3-22(8-9-27-16-7-5-4-6-13(16)2)19(26)21-14-10-15-18(25)20-11-17(24)23(15)12-14/h4-7,14-15H,3,8-12H2,1-2H3,(H,20,25)(H,21,26). The van der Waals surface area contributed by atoms with E-state index in [-0.39, 0.29) is 30.4 Å². The number of likely N-dealkylation sites (N-methyl/N-ethyl adjacent to an activating group) is 1. The average Bonchev–Trinajstić information content (AvgIpc) is 3.08. The monoisotopic (exact) mass is 374 g/mol. The van der Waals surface area contributed by atoms with Gasteiger partial charge in [-0.2, -0.15) is 0 Å². The van der Waals surface area contributed by atoms with Crippen LogP contribution in [0.5, 0.6) is 5.75 Å². The third kappa shape index (κ3) is 4.32. The number of ether oxygens (including phenoxy) is 1. The van der Waals surface area contributed by atoms with Gasteiger partial charge in [0.05, 0.1) is 19.1 Å². The Hall–Kier alpha value is -2.77. The highest BCUT2D eigenvalue weighted by atomic mass is 16.5. The molecule has 0 spiro atoms. The molecule has 2 heterocycles. The lowest BCUT2D eigenvalue weighted by molar-refractivity contribution is -0.143. The Morgan fingerprint density at radius 3 is 2.85 bits per heavy atom. The zero-order valence-corrected chi connectivity index (χ0v) is 15.7. The molecular formula is C19H26N4O4. The van der Waals surface area contributed by atoms with E-state index in [1.54, 1.807) is 9.80 Å². The van der Waals surface area contributed by atoms with Gasteiger partial charge in [-0.15, -0.1) is 0 Å². The first kappa shape index (κ1) is 19.0. The van der Waals surface area contributed by atoms with Gasteiger partial charge in [-0.05, 0) is 31.9 Å². The summed E-state index contributed by atoms with van der Waals surface area (Å²) in [6, 6.07) is 6.85. The molecule has 1 aromatic rings. The zero-order chi connectivity index (χ0) is 19.4. The smallest absolute Gasteiger partial charge is 0.317 e. The molecule has 1 aromatic carbocycles. The van der Waals surface area contributed by atoms with Crippen molar-refractivity contribution >= 4 is 17.8 Å². The molecule has 2 N–H and O–H groups in total. The van der Waals surface area contributed by atoms with Gasteiger partial charge in [-0.25, -0.2) is 4.79 Å². The largest absolute Gasteiger partial charge is 0.491 e. The number of amides is 4.